The topological polar surface area (TPSA) is 81.5 Å². The highest BCUT2D eigenvalue weighted by molar-refractivity contribution is 5.85. The van der Waals surface area contributed by atoms with E-state index in [2.05, 4.69) is 5.32 Å². The number of amides is 1. The Bertz CT molecular complexity index is 446. The monoisotopic (exact) mass is 252 g/mol. The Kier molecular flexibility index (Phi) is 5.10. The van der Waals surface area contributed by atoms with Gasteiger partial charge in [-0.05, 0) is 25.0 Å². The fraction of sp³-hybridized carbons (Fsp3) is 0.417. The number of carbonyl (C=O) groups is 1. The zero-order valence-electron chi connectivity index (χ0n) is 10.4. The third-order valence-electron chi connectivity index (χ3n) is 2.39. The van der Waals surface area contributed by atoms with Crippen LogP contribution in [0.2, 0.25) is 0 Å². The Balaban J connectivity index is 2.62. The number of anilines is 1. The molecule has 0 fully saturated rings. The Morgan fingerprint density at radius 2 is 2.22 bits per heavy atom. The van der Waals surface area contributed by atoms with Crippen LogP contribution in [0.1, 0.15) is 25.3 Å². The molecular formula is C12H16N2O4. The Morgan fingerprint density at radius 3 is 2.78 bits per heavy atom. The molecule has 0 spiro atoms. The lowest BCUT2D eigenvalue weighted by molar-refractivity contribution is -0.384. The van der Waals surface area contributed by atoms with Crippen molar-refractivity contribution in [3.05, 3.63) is 33.9 Å². The van der Waals surface area contributed by atoms with Gasteiger partial charge in [0.05, 0.1) is 11.5 Å². The average Bonchev–Trinajstić information content (AvgIpc) is 2.32. The van der Waals surface area contributed by atoms with Crippen LogP contribution >= 0.6 is 0 Å². The lowest BCUT2D eigenvalue weighted by Gasteiger charge is -2.08. The van der Waals surface area contributed by atoms with Crippen LogP contribution in [-0.2, 0) is 4.74 Å². The smallest absolute Gasteiger partial charge is 0.411 e. The van der Waals surface area contributed by atoms with Gasteiger partial charge in [0.2, 0.25) is 0 Å². The van der Waals surface area contributed by atoms with Crippen molar-refractivity contribution < 1.29 is 14.5 Å². The Morgan fingerprint density at radius 1 is 1.50 bits per heavy atom. The number of nitrogens with one attached hydrogen (secondary N) is 1. The van der Waals surface area contributed by atoms with E-state index in [4.69, 9.17) is 4.74 Å². The van der Waals surface area contributed by atoms with Crippen molar-refractivity contribution >= 4 is 17.5 Å². The SMILES string of the molecule is CCCCOC(=O)Nc1ccc([N+](=O)[O-])cc1C. The van der Waals surface area contributed by atoms with Gasteiger partial charge in [0.15, 0.2) is 0 Å². The third kappa shape index (κ3) is 4.04. The van der Waals surface area contributed by atoms with Crippen LogP contribution in [0, 0.1) is 17.0 Å². The van der Waals surface area contributed by atoms with Gasteiger partial charge < -0.3 is 4.74 Å². The maximum absolute atomic E-state index is 11.4. The highest BCUT2D eigenvalue weighted by Gasteiger charge is 2.10. The largest absolute Gasteiger partial charge is 0.449 e. The van der Waals surface area contributed by atoms with Crippen LogP contribution in [0.3, 0.4) is 0 Å². The first-order valence-corrected chi connectivity index (χ1v) is 5.73. The lowest BCUT2D eigenvalue weighted by Crippen LogP contribution is -2.15. The molecule has 1 aromatic rings. The standard InChI is InChI=1S/C12H16N2O4/c1-3-4-7-18-12(15)13-11-6-5-10(14(16)17)8-9(11)2/h5-6,8H,3-4,7H2,1-2H3,(H,13,15). The van der Waals surface area contributed by atoms with Gasteiger partial charge >= 0.3 is 6.09 Å². The molecule has 0 unspecified atom stereocenters. The van der Waals surface area contributed by atoms with Crippen LogP contribution in [0.25, 0.3) is 0 Å². The summed E-state index contributed by atoms with van der Waals surface area (Å²) in [6.07, 6.45) is 1.22. The normalized spacial score (nSPS) is 9.89. The molecule has 18 heavy (non-hydrogen) atoms. The number of aryl methyl sites for hydroxylation is 1. The van der Waals surface area contributed by atoms with Gasteiger partial charge in [-0.25, -0.2) is 4.79 Å². The van der Waals surface area contributed by atoms with E-state index in [1.807, 2.05) is 6.92 Å². The van der Waals surface area contributed by atoms with Gasteiger partial charge in [0.1, 0.15) is 0 Å². The van der Waals surface area contributed by atoms with Crippen LogP contribution in [-0.4, -0.2) is 17.6 Å². The molecule has 0 aromatic heterocycles. The number of carbonyl (C=O) groups excluding carboxylic acids is 1. The quantitative estimate of drug-likeness (QED) is 0.495. The third-order valence-corrected chi connectivity index (χ3v) is 2.39. The van der Waals surface area contributed by atoms with E-state index in [0.29, 0.717) is 17.9 Å². The molecule has 6 nitrogen and oxygen atoms in total. The first-order valence-electron chi connectivity index (χ1n) is 5.73. The van der Waals surface area contributed by atoms with Crippen molar-refractivity contribution in [2.45, 2.75) is 26.7 Å². The molecule has 1 rings (SSSR count). The first kappa shape index (κ1) is 14.0. The molecule has 98 valence electrons. The minimum Gasteiger partial charge on any atom is -0.449 e. The predicted molar refractivity (Wildman–Crippen MR) is 67.7 cm³/mol. The summed E-state index contributed by atoms with van der Waals surface area (Å²) in [4.78, 5) is 21.5. The van der Waals surface area contributed by atoms with Gasteiger partial charge in [-0.2, -0.15) is 0 Å². The number of non-ortho nitro benzene ring substituents is 1. The van der Waals surface area contributed by atoms with Crippen molar-refractivity contribution in [2.75, 3.05) is 11.9 Å². The van der Waals surface area contributed by atoms with E-state index in [1.165, 1.54) is 18.2 Å². The number of unbranched alkanes of at least 4 members (excludes halogenated alkanes) is 1. The fourth-order valence-corrected chi connectivity index (χ4v) is 1.36. The molecule has 0 aliphatic carbocycles. The summed E-state index contributed by atoms with van der Waals surface area (Å²) < 4.78 is 4.94. The maximum atomic E-state index is 11.4. The maximum Gasteiger partial charge on any atom is 0.411 e. The Labute approximate surface area is 105 Å². The summed E-state index contributed by atoms with van der Waals surface area (Å²) in [7, 11) is 0. The van der Waals surface area contributed by atoms with Gasteiger partial charge in [-0.1, -0.05) is 13.3 Å². The molecule has 1 N–H and O–H groups in total. The number of nitrogens with zero attached hydrogens (tertiary/aromatic N) is 1. The number of hydrogen-bond donors (Lipinski definition) is 1. The summed E-state index contributed by atoms with van der Waals surface area (Å²) in [5.74, 6) is 0. The van der Waals surface area contributed by atoms with E-state index in [9.17, 15) is 14.9 Å². The molecule has 0 aliphatic rings. The highest BCUT2D eigenvalue weighted by Crippen LogP contribution is 2.21. The predicted octanol–water partition coefficient (Wildman–Crippen LogP) is 3.25. The molecule has 1 aromatic carbocycles. The van der Waals surface area contributed by atoms with Crippen molar-refractivity contribution in [3.63, 3.8) is 0 Å². The van der Waals surface area contributed by atoms with Gasteiger partial charge in [-0.15, -0.1) is 0 Å². The van der Waals surface area contributed by atoms with Crippen molar-refractivity contribution in [2.24, 2.45) is 0 Å². The summed E-state index contributed by atoms with van der Waals surface area (Å²) in [5.41, 5.74) is 1.14. The molecule has 0 aliphatic heterocycles. The van der Waals surface area contributed by atoms with Crippen LogP contribution in [0.15, 0.2) is 18.2 Å². The van der Waals surface area contributed by atoms with Crippen LogP contribution < -0.4 is 5.32 Å². The molecule has 0 saturated heterocycles. The number of benzene rings is 1. The molecule has 0 heterocycles. The van der Waals surface area contributed by atoms with Crippen LogP contribution in [0.5, 0.6) is 0 Å². The molecular weight excluding hydrogens is 236 g/mol. The molecule has 0 atom stereocenters. The minimum absolute atomic E-state index is 0.00241. The zero-order chi connectivity index (χ0) is 13.5. The number of ether oxygens (including phenoxy) is 1. The van der Waals surface area contributed by atoms with Crippen molar-refractivity contribution in [1.82, 2.24) is 0 Å². The second-order valence-corrected chi connectivity index (χ2v) is 3.87. The first-order chi connectivity index (χ1) is 8.54. The van der Waals surface area contributed by atoms with E-state index >= 15 is 0 Å². The number of nitro groups is 1. The van der Waals surface area contributed by atoms with Gasteiger partial charge in [0.25, 0.3) is 5.69 Å². The molecule has 0 radical (unpaired) electrons. The number of rotatable bonds is 5. The molecule has 0 bridgehead atoms. The van der Waals surface area contributed by atoms with E-state index in [-0.39, 0.29) is 5.69 Å². The molecule has 6 heteroatoms. The van der Waals surface area contributed by atoms with Crippen molar-refractivity contribution in [1.29, 1.82) is 0 Å². The second kappa shape index (κ2) is 6.58. The number of hydrogen-bond acceptors (Lipinski definition) is 4. The summed E-state index contributed by atoms with van der Waals surface area (Å²) >= 11 is 0. The van der Waals surface area contributed by atoms with Gasteiger partial charge in [-0.3, -0.25) is 15.4 Å². The van der Waals surface area contributed by atoms with E-state index in [1.54, 1.807) is 6.92 Å². The van der Waals surface area contributed by atoms with Crippen molar-refractivity contribution in [3.8, 4) is 0 Å². The Hall–Kier alpha value is -2.11. The molecule has 0 saturated carbocycles. The van der Waals surface area contributed by atoms with Crippen LogP contribution in [0.4, 0.5) is 16.2 Å². The van der Waals surface area contributed by atoms with Gasteiger partial charge in [0, 0.05) is 17.8 Å². The summed E-state index contributed by atoms with van der Waals surface area (Å²) in [5, 5.41) is 13.1. The summed E-state index contributed by atoms with van der Waals surface area (Å²) in [6.45, 7) is 4.06. The van der Waals surface area contributed by atoms with E-state index < -0.39 is 11.0 Å². The average molecular weight is 252 g/mol. The number of nitro benzene ring substituents is 1. The second-order valence-electron chi connectivity index (χ2n) is 3.87. The minimum atomic E-state index is -0.541. The van der Waals surface area contributed by atoms with E-state index in [0.717, 1.165) is 12.8 Å². The highest BCUT2D eigenvalue weighted by atomic mass is 16.6. The fourth-order valence-electron chi connectivity index (χ4n) is 1.36. The summed E-state index contributed by atoms with van der Waals surface area (Å²) in [6, 6.07) is 4.24. The lowest BCUT2D eigenvalue weighted by atomic mass is 10.2. The zero-order valence-corrected chi connectivity index (χ0v) is 10.4. The molecule has 1 amide bonds.